The van der Waals surface area contributed by atoms with E-state index in [1.165, 1.54) is 0 Å². The monoisotopic (exact) mass is 272 g/mol. The molecule has 0 fully saturated rings. The number of carbonyl (C=O) groups excluding carboxylic acids is 1. The second-order valence-electron chi connectivity index (χ2n) is 4.22. The van der Waals surface area contributed by atoms with Crippen molar-refractivity contribution < 1.29 is 9.53 Å². The zero-order chi connectivity index (χ0) is 13.2. The molecule has 0 amide bonds. The van der Waals surface area contributed by atoms with Gasteiger partial charge in [-0.15, -0.1) is 0 Å². The molecule has 1 aromatic heterocycles. The van der Waals surface area contributed by atoms with Gasteiger partial charge in [-0.3, -0.25) is 4.79 Å². The summed E-state index contributed by atoms with van der Waals surface area (Å²) >= 11 is 1.59. The molecule has 1 aliphatic rings. The number of benzene rings is 1. The van der Waals surface area contributed by atoms with Crippen LogP contribution in [0.5, 0.6) is 5.75 Å². The number of ether oxygens (including phenoxy) is 1. The van der Waals surface area contributed by atoms with Crippen LogP contribution in [0.2, 0.25) is 0 Å². The zero-order valence-electron chi connectivity index (χ0n) is 10.4. The van der Waals surface area contributed by atoms with Gasteiger partial charge in [0.05, 0.1) is 7.11 Å². The standard InChI is InChI=1S/C14H12N2O2S/c1-18-10-4-2-9(3-5-10)12-8-11(17)13-14(19-12)16-7-6-15-13/h2-7,12H,8H2,1H3/t12-/m1/s1. The van der Waals surface area contributed by atoms with Crippen molar-refractivity contribution in [2.45, 2.75) is 16.7 Å². The maximum Gasteiger partial charge on any atom is 0.185 e. The molecule has 3 rings (SSSR count). The molecule has 1 aliphatic heterocycles. The number of methoxy groups -OCH3 is 1. The highest BCUT2D eigenvalue weighted by atomic mass is 32.2. The topological polar surface area (TPSA) is 52.1 Å². The van der Waals surface area contributed by atoms with Crippen molar-refractivity contribution in [2.24, 2.45) is 0 Å². The van der Waals surface area contributed by atoms with Crippen LogP contribution in [-0.2, 0) is 0 Å². The van der Waals surface area contributed by atoms with Crippen LogP contribution >= 0.6 is 11.8 Å². The lowest BCUT2D eigenvalue weighted by Crippen LogP contribution is -2.14. The van der Waals surface area contributed by atoms with Crippen LogP contribution in [0.1, 0.15) is 27.7 Å². The number of ketones is 1. The first-order chi connectivity index (χ1) is 9.28. The molecule has 96 valence electrons. The van der Waals surface area contributed by atoms with Gasteiger partial charge in [0.25, 0.3) is 0 Å². The third-order valence-corrected chi connectivity index (χ3v) is 4.29. The summed E-state index contributed by atoms with van der Waals surface area (Å²) in [5, 5.41) is 0.821. The Balaban J connectivity index is 1.90. The van der Waals surface area contributed by atoms with Crippen LogP contribution in [0.25, 0.3) is 0 Å². The number of fused-ring (bicyclic) bond motifs is 1. The molecular formula is C14H12N2O2S. The first-order valence-electron chi connectivity index (χ1n) is 5.93. The largest absolute Gasteiger partial charge is 0.497 e. The molecule has 0 bridgehead atoms. The quantitative estimate of drug-likeness (QED) is 0.841. The van der Waals surface area contributed by atoms with E-state index >= 15 is 0 Å². The predicted octanol–water partition coefficient (Wildman–Crippen LogP) is 2.91. The average molecular weight is 272 g/mol. The second kappa shape index (κ2) is 5.01. The number of aromatic nitrogens is 2. The summed E-state index contributed by atoms with van der Waals surface area (Å²) in [5.41, 5.74) is 1.60. The van der Waals surface area contributed by atoms with Crippen molar-refractivity contribution in [3.63, 3.8) is 0 Å². The van der Waals surface area contributed by atoms with E-state index in [2.05, 4.69) is 9.97 Å². The highest BCUT2D eigenvalue weighted by Gasteiger charge is 2.28. The van der Waals surface area contributed by atoms with E-state index in [0.717, 1.165) is 16.3 Å². The maximum atomic E-state index is 12.1. The van der Waals surface area contributed by atoms with Crippen LogP contribution in [0.3, 0.4) is 0 Å². The van der Waals surface area contributed by atoms with E-state index in [4.69, 9.17) is 4.74 Å². The van der Waals surface area contributed by atoms with Crippen molar-refractivity contribution in [3.8, 4) is 5.75 Å². The van der Waals surface area contributed by atoms with Gasteiger partial charge in [-0.1, -0.05) is 23.9 Å². The van der Waals surface area contributed by atoms with Gasteiger partial charge in [-0.2, -0.15) is 0 Å². The molecule has 1 atom stereocenters. The van der Waals surface area contributed by atoms with Gasteiger partial charge >= 0.3 is 0 Å². The van der Waals surface area contributed by atoms with Gasteiger partial charge in [0.15, 0.2) is 5.78 Å². The normalized spacial score (nSPS) is 17.9. The minimum absolute atomic E-state index is 0.0580. The summed E-state index contributed by atoms with van der Waals surface area (Å²) in [6.07, 6.45) is 3.64. The molecule has 2 aromatic rings. The summed E-state index contributed by atoms with van der Waals surface area (Å²) in [6.45, 7) is 0. The van der Waals surface area contributed by atoms with Gasteiger partial charge in [0.1, 0.15) is 16.5 Å². The maximum absolute atomic E-state index is 12.1. The summed E-state index contributed by atoms with van der Waals surface area (Å²) in [5.74, 6) is 0.874. The number of carbonyl (C=O) groups is 1. The Morgan fingerprint density at radius 1 is 1.21 bits per heavy atom. The van der Waals surface area contributed by atoms with E-state index in [-0.39, 0.29) is 11.0 Å². The van der Waals surface area contributed by atoms with Crippen LogP contribution in [-0.4, -0.2) is 22.9 Å². The van der Waals surface area contributed by atoms with Gasteiger partial charge in [-0.25, -0.2) is 9.97 Å². The molecule has 0 saturated heterocycles. The minimum atomic E-state index is 0.0580. The highest BCUT2D eigenvalue weighted by Crippen LogP contribution is 2.42. The van der Waals surface area contributed by atoms with Crippen LogP contribution in [0.15, 0.2) is 41.7 Å². The fraction of sp³-hybridized carbons (Fsp3) is 0.214. The number of thioether (sulfide) groups is 1. The fourth-order valence-electron chi connectivity index (χ4n) is 2.05. The van der Waals surface area contributed by atoms with Crippen molar-refractivity contribution in [1.82, 2.24) is 9.97 Å². The van der Waals surface area contributed by atoms with Gasteiger partial charge in [0.2, 0.25) is 0 Å². The molecule has 0 N–H and O–H groups in total. The van der Waals surface area contributed by atoms with Gasteiger partial charge < -0.3 is 4.74 Å². The Morgan fingerprint density at radius 2 is 1.95 bits per heavy atom. The van der Waals surface area contributed by atoms with E-state index in [1.807, 2.05) is 24.3 Å². The Kier molecular flexibility index (Phi) is 3.21. The Morgan fingerprint density at radius 3 is 2.68 bits per heavy atom. The Bertz CT molecular complexity index is 613. The molecule has 2 heterocycles. The lowest BCUT2D eigenvalue weighted by atomic mass is 10.0. The van der Waals surface area contributed by atoms with Crippen LogP contribution in [0.4, 0.5) is 0 Å². The van der Waals surface area contributed by atoms with Crippen molar-refractivity contribution in [3.05, 3.63) is 47.9 Å². The Labute approximate surface area is 115 Å². The molecule has 0 aliphatic carbocycles. The number of Topliss-reactive ketones (excluding diaryl/α,β-unsaturated/α-hetero) is 1. The SMILES string of the molecule is COc1ccc([C@H]2CC(=O)c3nccnc3S2)cc1. The lowest BCUT2D eigenvalue weighted by molar-refractivity contribution is 0.0970. The van der Waals surface area contributed by atoms with Crippen molar-refractivity contribution in [1.29, 1.82) is 0 Å². The predicted molar refractivity (Wildman–Crippen MR) is 72.6 cm³/mol. The number of nitrogens with zero attached hydrogens (tertiary/aromatic N) is 2. The summed E-state index contributed by atoms with van der Waals surface area (Å²) in [6, 6.07) is 7.80. The number of hydrogen-bond donors (Lipinski definition) is 0. The molecule has 0 spiro atoms. The van der Waals surface area contributed by atoms with Crippen molar-refractivity contribution in [2.75, 3.05) is 7.11 Å². The number of hydrogen-bond acceptors (Lipinski definition) is 5. The smallest absolute Gasteiger partial charge is 0.185 e. The van der Waals surface area contributed by atoms with E-state index in [1.54, 1.807) is 31.3 Å². The first-order valence-corrected chi connectivity index (χ1v) is 6.80. The lowest BCUT2D eigenvalue weighted by Gasteiger charge is -2.21. The molecular weight excluding hydrogens is 260 g/mol. The van der Waals surface area contributed by atoms with E-state index in [0.29, 0.717) is 12.1 Å². The summed E-state index contributed by atoms with van der Waals surface area (Å²) in [7, 11) is 1.64. The molecule has 5 heteroatoms. The fourth-order valence-corrected chi connectivity index (χ4v) is 3.25. The average Bonchev–Trinajstić information content (AvgIpc) is 2.47. The van der Waals surface area contributed by atoms with Gasteiger partial charge in [0, 0.05) is 24.1 Å². The second-order valence-corrected chi connectivity index (χ2v) is 5.41. The molecule has 0 radical (unpaired) electrons. The summed E-state index contributed by atoms with van der Waals surface area (Å²) < 4.78 is 5.14. The molecule has 0 unspecified atom stereocenters. The summed E-state index contributed by atoms with van der Waals surface area (Å²) in [4.78, 5) is 20.4. The van der Waals surface area contributed by atoms with E-state index < -0.39 is 0 Å². The molecule has 19 heavy (non-hydrogen) atoms. The van der Waals surface area contributed by atoms with Crippen LogP contribution in [0, 0.1) is 0 Å². The molecule has 0 saturated carbocycles. The Hall–Kier alpha value is -1.88. The van der Waals surface area contributed by atoms with Crippen molar-refractivity contribution >= 4 is 17.5 Å². The number of rotatable bonds is 2. The zero-order valence-corrected chi connectivity index (χ0v) is 11.2. The molecule has 4 nitrogen and oxygen atoms in total. The molecule has 1 aromatic carbocycles. The minimum Gasteiger partial charge on any atom is -0.497 e. The van der Waals surface area contributed by atoms with Gasteiger partial charge in [-0.05, 0) is 17.7 Å². The third kappa shape index (κ3) is 2.33. The highest BCUT2D eigenvalue weighted by molar-refractivity contribution is 7.99. The van der Waals surface area contributed by atoms with E-state index in [9.17, 15) is 4.79 Å². The van der Waals surface area contributed by atoms with Crippen LogP contribution < -0.4 is 4.74 Å². The first kappa shape index (κ1) is 12.2. The third-order valence-electron chi connectivity index (χ3n) is 3.04.